The lowest BCUT2D eigenvalue weighted by Gasteiger charge is -2.21. The number of benzene rings is 1. The van der Waals surface area contributed by atoms with E-state index in [0.717, 1.165) is 11.3 Å². The summed E-state index contributed by atoms with van der Waals surface area (Å²) in [6.07, 6.45) is 0.277. The van der Waals surface area contributed by atoms with Gasteiger partial charge in [-0.05, 0) is 17.7 Å². The standard InChI is InChI=1S/C16H24N2O4/c1-13(19)18(10-8-16(20)17-9-11-21-2)12-14-4-6-15(22-3)7-5-14/h4-7H,8-12H2,1-3H3,(H,17,20). The molecule has 0 aliphatic heterocycles. The summed E-state index contributed by atoms with van der Waals surface area (Å²) in [5.41, 5.74) is 0.996. The Bertz CT molecular complexity index is 474. The van der Waals surface area contributed by atoms with Gasteiger partial charge < -0.3 is 19.7 Å². The Morgan fingerprint density at radius 2 is 1.86 bits per heavy atom. The highest BCUT2D eigenvalue weighted by Gasteiger charge is 2.11. The quantitative estimate of drug-likeness (QED) is 0.696. The van der Waals surface area contributed by atoms with Crippen molar-refractivity contribution in [1.29, 1.82) is 0 Å². The van der Waals surface area contributed by atoms with Crippen molar-refractivity contribution in [3.8, 4) is 5.75 Å². The van der Waals surface area contributed by atoms with E-state index < -0.39 is 0 Å². The zero-order chi connectivity index (χ0) is 16.4. The molecule has 0 bridgehead atoms. The topological polar surface area (TPSA) is 67.9 Å². The molecule has 0 fully saturated rings. The number of hydrogen-bond donors (Lipinski definition) is 1. The maximum absolute atomic E-state index is 11.7. The van der Waals surface area contributed by atoms with Crippen molar-refractivity contribution in [3.63, 3.8) is 0 Å². The molecule has 0 unspecified atom stereocenters. The fourth-order valence-corrected chi connectivity index (χ4v) is 1.92. The van der Waals surface area contributed by atoms with E-state index in [9.17, 15) is 9.59 Å². The first-order chi connectivity index (χ1) is 10.6. The van der Waals surface area contributed by atoms with Crippen molar-refractivity contribution in [2.24, 2.45) is 0 Å². The van der Waals surface area contributed by atoms with E-state index >= 15 is 0 Å². The monoisotopic (exact) mass is 308 g/mol. The number of carbonyl (C=O) groups excluding carboxylic acids is 2. The van der Waals surface area contributed by atoms with Crippen molar-refractivity contribution in [1.82, 2.24) is 10.2 Å². The van der Waals surface area contributed by atoms with Gasteiger partial charge >= 0.3 is 0 Å². The molecule has 0 heterocycles. The highest BCUT2D eigenvalue weighted by molar-refractivity contribution is 5.78. The molecular formula is C16H24N2O4. The minimum Gasteiger partial charge on any atom is -0.497 e. The van der Waals surface area contributed by atoms with E-state index in [1.165, 1.54) is 6.92 Å². The third-order valence-electron chi connectivity index (χ3n) is 3.21. The molecule has 0 saturated heterocycles. The Balaban J connectivity index is 2.47. The van der Waals surface area contributed by atoms with Crippen LogP contribution >= 0.6 is 0 Å². The molecule has 1 N–H and O–H groups in total. The number of amides is 2. The Morgan fingerprint density at radius 3 is 2.41 bits per heavy atom. The number of carbonyl (C=O) groups is 2. The second-order valence-corrected chi connectivity index (χ2v) is 4.88. The van der Waals surface area contributed by atoms with E-state index in [-0.39, 0.29) is 18.2 Å². The highest BCUT2D eigenvalue weighted by Crippen LogP contribution is 2.13. The van der Waals surface area contributed by atoms with Crippen LogP contribution in [0.1, 0.15) is 18.9 Å². The maximum Gasteiger partial charge on any atom is 0.221 e. The van der Waals surface area contributed by atoms with Crippen LogP contribution < -0.4 is 10.1 Å². The minimum atomic E-state index is -0.0852. The van der Waals surface area contributed by atoms with Crippen LogP contribution in [0.25, 0.3) is 0 Å². The largest absolute Gasteiger partial charge is 0.497 e. The molecule has 122 valence electrons. The highest BCUT2D eigenvalue weighted by atomic mass is 16.5. The Hall–Kier alpha value is -2.08. The fourth-order valence-electron chi connectivity index (χ4n) is 1.92. The van der Waals surface area contributed by atoms with Crippen LogP contribution in [0.5, 0.6) is 5.75 Å². The molecular weight excluding hydrogens is 284 g/mol. The van der Waals surface area contributed by atoms with Gasteiger partial charge in [-0.3, -0.25) is 9.59 Å². The summed E-state index contributed by atoms with van der Waals surface area (Å²) in [5.74, 6) is 0.634. The molecule has 0 aromatic heterocycles. The van der Waals surface area contributed by atoms with Gasteiger partial charge in [0, 0.05) is 40.1 Å². The summed E-state index contributed by atoms with van der Waals surface area (Å²) < 4.78 is 9.97. The first-order valence-corrected chi connectivity index (χ1v) is 7.21. The zero-order valence-electron chi connectivity index (χ0n) is 13.4. The maximum atomic E-state index is 11.7. The molecule has 1 rings (SSSR count). The lowest BCUT2D eigenvalue weighted by molar-refractivity contribution is -0.130. The van der Waals surface area contributed by atoms with Crippen LogP contribution in [0.2, 0.25) is 0 Å². The van der Waals surface area contributed by atoms with E-state index in [1.807, 2.05) is 24.3 Å². The molecule has 0 spiro atoms. The average molecular weight is 308 g/mol. The molecule has 6 nitrogen and oxygen atoms in total. The van der Waals surface area contributed by atoms with Gasteiger partial charge in [0.2, 0.25) is 11.8 Å². The summed E-state index contributed by atoms with van der Waals surface area (Å²) in [4.78, 5) is 25.0. The van der Waals surface area contributed by atoms with Crippen molar-refractivity contribution in [2.75, 3.05) is 33.9 Å². The van der Waals surface area contributed by atoms with E-state index in [1.54, 1.807) is 19.1 Å². The van der Waals surface area contributed by atoms with Crippen molar-refractivity contribution < 1.29 is 19.1 Å². The predicted molar refractivity (Wildman–Crippen MR) is 83.6 cm³/mol. The van der Waals surface area contributed by atoms with Crippen LogP contribution in [-0.4, -0.2) is 50.6 Å². The number of ether oxygens (including phenoxy) is 2. The summed E-state index contributed by atoms with van der Waals surface area (Å²) >= 11 is 0. The molecule has 0 aliphatic rings. The summed E-state index contributed by atoms with van der Waals surface area (Å²) in [6.45, 7) is 3.33. The van der Waals surface area contributed by atoms with Gasteiger partial charge in [0.25, 0.3) is 0 Å². The van der Waals surface area contributed by atoms with Gasteiger partial charge in [-0.2, -0.15) is 0 Å². The van der Waals surface area contributed by atoms with Crippen LogP contribution in [0.3, 0.4) is 0 Å². The number of nitrogens with one attached hydrogen (secondary N) is 1. The molecule has 0 saturated carbocycles. The number of methoxy groups -OCH3 is 2. The Morgan fingerprint density at radius 1 is 1.18 bits per heavy atom. The number of hydrogen-bond acceptors (Lipinski definition) is 4. The van der Waals surface area contributed by atoms with E-state index in [4.69, 9.17) is 9.47 Å². The van der Waals surface area contributed by atoms with Gasteiger partial charge in [0.05, 0.1) is 13.7 Å². The van der Waals surface area contributed by atoms with Crippen LogP contribution in [-0.2, 0) is 20.9 Å². The first kappa shape index (κ1) is 18.0. The molecule has 1 aromatic rings. The SMILES string of the molecule is COCCNC(=O)CCN(Cc1ccc(OC)cc1)C(C)=O. The van der Waals surface area contributed by atoms with Crippen molar-refractivity contribution in [3.05, 3.63) is 29.8 Å². The number of rotatable bonds is 9. The van der Waals surface area contributed by atoms with Crippen LogP contribution in [0.15, 0.2) is 24.3 Å². The van der Waals surface area contributed by atoms with Crippen LogP contribution in [0.4, 0.5) is 0 Å². The molecule has 0 atom stereocenters. The van der Waals surface area contributed by atoms with Gasteiger partial charge in [-0.1, -0.05) is 12.1 Å². The second-order valence-electron chi connectivity index (χ2n) is 4.88. The third-order valence-corrected chi connectivity index (χ3v) is 3.21. The molecule has 6 heteroatoms. The minimum absolute atomic E-state index is 0.0551. The molecule has 22 heavy (non-hydrogen) atoms. The fraction of sp³-hybridized carbons (Fsp3) is 0.500. The smallest absolute Gasteiger partial charge is 0.221 e. The van der Waals surface area contributed by atoms with E-state index in [2.05, 4.69) is 5.32 Å². The van der Waals surface area contributed by atoms with Crippen LogP contribution in [0, 0.1) is 0 Å². The average Bonchev–Trinajstić information content (AvgIpc) is 2.52. The molecule has 1 aromatic carbocycles. The third kappa shape index (κ3) is 6.58. The van der Waals surface area contributed by atoms with Gasteiger partial charge in [-0.15, -0.1) is 0 Å². The molecule has 0 aliphatic carbocycles. The Kier molecular flexibility index (Phi) is 7.99. The predicted octanol–water partition coefficient (Wildman–Crippen LogP) is 1.20. The van der Waals surface area contributed by atoms with Gasteiger partial charge in [-0.25, -0.2) is 0 Å². The molecule has 2 amide bonds. The van der Waals surface area contributed by atoms with Crippen molar-refractivity contribution >= 4 is 11.8 Å². The summed E-state index contributed by atoms with van der Waals surface area (Å²) in [5, 5.41) is 2.74. The van der Waals surface area contributed by atoms with Crippen molar-refractivity contribution in [2.45, 2.75) is 19.9 Å². The second kappa shape index (κ2) is 9.78. The van der Waals surface area contributed by atoms with Gasteiger partial charge in [0.15, 0.2) is 0 Å². The summed E-state index contributed by atoms with van der Waals surface area (Å²) in [6, 6.07) is 7.52. The summed E-state index contributed by atoms with van der Waals surface area (Å²) in [7, 11) is 3.19. The zero-order valence-corrected chi connectivity index (χ0v) is 13.4. The lowest BCUT2D eigenvalue weighted by Crippen LogP contribution is -2.34. The number of nitrogens with zero attached hydrogens (tertiary/aromatic N) is 1. The van der Waals surface area contributed by atoms with Gasteiger partial charge in [0.1, 0.15) is 5.75 Å². The van der Waals surface area contributed by atoms with E-state index in [0.29, 0.717) is 26.2 Å². The first-order valence-electron chi connectivity index (χ1n) is 7.21. The Labute approximate surface area is 131 Å². The normalized spacial score (nSPS) is 10.1. The lowest BCUT2D eigenvalue weighted by atomic mass is 10.2. The molecule has 0 radical (unpaired) electrons.